The predicted octanol–water partition coefficient (Wildman–Crippen LogP) is 4.13. The molecule has 0 atom stereocenters. The maximum atomic E-state index is 13.1. The molecule has 0 bridgehead atoms. The zero-order chi connectivity index (χ0) is 22.9. The summed E-state index contributed by atoms with van der Waals surface area (Å²) < 4.78 is 6.97. The number of carbonyl (C=O) groups excluding carboxylic acids is 1. The van der Waals surface area contributed by atoms with Crippen molar-refractivity contribution in [2.75, 3.05) is 30.4 Å². The number of rotatable bonds is 10. The van der Waals surface area contributed by atoms with E-state index in [4.69, 9.17) is 21.6 Å². The minimum absolute atomic E-state index is 0.0283. The number of hydrogen-bond acceptors (Lipinski definition) is 6. The highest BCUT2D eigenvalue weighted by molar-refractivity contribution is 7.99. The van der Waals surface area contributed by atoms with Crippen LogP contribution in [-0.4, -0.2) is 41.0 Å². The van der Waals surface area contributed by atoms with E-state index in [-0.39, 0.29) is 23.8 Å². The van der Waals surface area contributed by atoms with Gasteiger partial charge in [0.05, 0.1) is 22.7 Å². The molecule has 0 fully saturated rings. The van der Waals surface area contributed by atoms with E-state index in [1.807, 2.05) is 31.2 Å². The molecule has 3 rings (SSSR count). The first kappa shape index (κ1) is 23.8. The minimum Gasteiger partial charge on any atom is -0.382 e. The van der Waals surface area contributed by atoms with E-state index in [0.717, 1.165) is 0 Å². The number of amides is 1. The fraction of sp³-hybridized carbons (Fsp3) is 0.304. The maximum Gasteiger partial charge on any atom is 0.262 e. The highest BCUT2D eigenvalue weighted by Gasteiger charge is 2.18. The van der Waals surface area contributed by atoms with Crippen LogP contribution in [0, 0.1) is 11.3 Å². The molecule has 0 aliphatic heterocycles. The number of benzene rings is 2. The number of para-hydroxylation sites is 1. The van der Waals surface area contributed by atoms with Gasteiger partial charge in [-0.2, -0.15) is 5.26 Å². The molecule has 0 aliphatic rings. The van der Waals surface area contributed by atoms with Crippen molar-refractivity contribution in [3.63, 3.8) is 0 Å². The van der Waals surface area contributed by atoms with Gasteiger partial charge in [-0.1, -0.05) is 41.6 Å². The number of aromatic nitrogens is 2. The highest BCUT2D eigenvalue weighted by atomic mass is 35.5. The monoisotopic (exact) mass is 470 g/mol. The molecule has 3 aromatic rings. The Morgan fingerprint density at radius 3 is 2.78 bits per heavy atom. The average Bonchev–Trinajstić information content (AvgIpc) is 2.80. The van der Waals surface area contributed by atoms with E-state index in [1.54, 1.807) is 34.9 Å². The largest absolute Gasteiger partial charge is 0.382 e. The topological polar surface area (TPSA) is 88.2 Å². The first-order valence-corrected chi connectivity index (χ1v) is 11.5. The molecule has 1 heterocycles. The second kappa shape index (κ2) is 11.7. The van der Waals surface area contributed by atoms with Gasteiger partial charge in [0.1, 0.15) is 6.54 Å². The minimum atomic E-state index is -0.246. The number of ether oxygens (including phenoxy) is 1. The molecule has 0 radical (unpaired) electrons. The summed E-state index contributed by atoms with van der Waals surface area (Å²) in [5.74, 6) is -0.218. The lowest BCUT2D eigenvalue weighted by Gasteiger charge is -2.20. The van der Waals surface area contributed by atoms with Crippen LogP contribution >= 0.6 is 23.4 Å². The van der Waals surface area contributed by atoms with Gasteiger partial charge in [-0.3, -0.25) is 19.1 Å². The van der Waals surface area contributed by atoms with Crippen molar-refractivity contribution < 1.29 is 9.53 Å². The molecule has 0 saturated carbocycles. The lowest BCUT2D eigenvalue weighted by atomic mass is 10.2. The van der Waals surface area contributed by atoms with Crippen molar-refractivity contribution in [1.82, 2.24) is 9.55 Å². The van der Waals surface area contributed by atoms with Crippen molar-refractivity contribution >= 4 is 45.9 Å². The summed E-state index contributed by atoms with van der Waals surface area (Å²) in [5, 5.41) is 10.5. The van der Waals surface area contributed by atoms with Crippen LogP contribution in [0.3, 0.4) is 0 Å². The van der Waals surface area contributed by atoms with Gasteiger partial charge in [0.25, 0.3) is 5.56 Å². The molecule has 7 nitrogen and oxygen atoms in total. The Bertz CT molecular complexity index is 1180. The lowest BCUT2D eigenvalue weighted by molar-refractivity contribution is -0.116. The van der Waals surface area contributed by atoms with Gasteiger partial charge in [-0.15, -0.1) is 0 Å². The number of hydrogen-bond donors (Lipinski definition) is 0. The Kier molecular flexibility index (Phi) is 8.68. The zero-order valence-corrected chi connectivity index (χ0v) is 19.2. The molecular formula is C23H23ClN4O3S. The van der Waals surface area contributed by atoms with Crippen LogP contribution in [0.2, 0.25) is 5.02 Å². The summed E-state index contributed by atoms with van der Waals surface area (Å²) in [6.07, 6.45) is 0.639. The van der Waals surface area contributed by atoms with E-state index >= 15 is 0 Å². The van der Waals surface area contributed by atoms with Gasteiger partial charge >= 0.3 is 0 Å². The van der Waals surface area contributed by atoms with Gasteiger partial charge in [0.2, 0.25) is 5.91 Å². The van der Waals surface area contributed by atoms with Crippen LogP contribution in [0.4, 0.5) is 5.69 Å². The van der Waals surface area contributed by atoms with Crippen molar-refractivity contribution in [2.45, 2.75) is 25.0 Å². The first-order chi connectivity index (χ1) is 15.5. The van der Waals surface area contributed by atoms with E-state index < -0.39 is 0 Å². The Balaban J connectivity index is 1.87. The third-order valence-electron chi connectivity index (χ3n) is 4.68. The summed E-state index contributed by atoms with van der Waals surface area (Å²) in [6.45, 7) is 3.40. The van der Waals surface area contributed by atoms with Gasteiger partial charge in [-0.25, -0.2) is 4.98 Å². The highest BCUT2D eigenvalue weighted by Crippen LogP contribution is 2.22. The number of halogens is 1. The van der Waals surface area contributed by atoms with Crippen LogP contribution in [-0.2, 0) is 16.1 Å². The molecule has 0 saturated heterocycles. The van der Waals surface area contributed by atoms with Crippen LogP contribution in [0.15, 0.2) is 58.5 Å². The zero-order valence-electron chi connectivity index (χ0n) is 17.7. The van der Waals surface area contributed by atoms with Crippen molar-refractivity contribution in [3.05, 3.63) is 63.9 Å². The lowest BCUT2D eigenvalue weighted by Crippen LogP contribution is -2.33. The van der Waals surface area contributed by atoms with Crippen LogP contribution in [0.25, 0.3) is 10.9 Å². The quantitative estimate of drug-likeness (QED) is 0.191. The number of anilines is 1. The molecule has 1 amide bonds. The smallest absolute Gasteiger partial charge is 0.262 e. The van der Waals surface area contributed by atoms with E-state index in [9.17, 15) is 9.59 Å². The molecule has 0 N–H and O–H groups in total. The van der Waals surface area contributed by atoms with Gasteiger partial charge < -0.3 is 4.74 Å². The molecule has 1 aromatic heterocycles. The van der Waals surface area contributed by atoms with Gasteiger partial charge in [-0.05, 0) is 43.7 Å². The van der Waals surface area contributed by atoms with Crippen LogP contribution < -0.4 is 10.5 Å². The molecule has 0 unspecified atom stereocenters. The normalized spacial score (nSPS) is 10.8. The molecule has 2 aromatic carbocycles. The van der Waals surface area contributed by atoms with Crippen molar-refractivity contribution in [2.24, 2.45) is 0 Å². The Hall–Kier alpha value is -2.86. The van der Waals surface area contributed by atoms with E-state index in [2.05, 4.69) is 4.98 Å². The molecule has 0 aliphatic carbocycles. The Labute approximate surface area is 195 Å². The number of fused-ring (bicyclic) bond motifs is 1. The SMILES string of the molecule is CCOCCCn1c(SCC(=O)N(CC#N)c2ccccc2)nc2cc(Cl)ccc2c1=O. The number of thioether (sulfide) groups is 1. The fourth-order valence-electron chi connectivity index (χ4n) is 3.16. The standard InChI is InChI=1S/C23H23ClN4O3S/c1-2-31-14-6-12-28-22(30)19-10-9-17(24)15-20(19)26-23(28)32-16-21(29)27(13-11-25)18-7-4-3-5-8-18/h3-5,7-10,15H,2,6,12-14,16H2,1H3. The molecule has 9 heteroatoms. The maximum absolute atomic E-state index is 13.1. The third-order valence-corrected chi connectivity index (χ3v) is 5.88. The summed E-state index contributed by atoms with van der Waals surface area (Å²) in [4.78, 5) is 32.1. The number of nitriles is 1. The van der Waals surface area contributed by atoms with E-state index in [1.165, 1.54) is 16.7 Å². The summed E-state index contributed by atoms with van der Waals surface area (Å²) in [7, 11) is 0. The van der Waals surface area contributed by atoms with Crippen LogP contribution in [0.5, 0.6) is 0 Å². The van der Waals surface area contributed by atoms with Crippen molar-refractivity contribution in [1.29, 1.82) is 5.26 Å². The summed E-state index contributed by atoms with van der Waals surface area (Å²) >= 11 is 7.26. The molecular weight excluding hydrogens is 448 g/mol. The van der Waals surface area contributed by atoms with Gasteiger partial charge in [0.15, 0.2) is 5.16 Å². The molecule has 32 heavy (non-hydrogen) atoms. The second-order valence-corrected chi connectivity index (χ2v) is 8.20. The average molecular weight is 471 g/mol. The Morgan fingerprint density at radius 2 is 2.06 bits per heavy atom. The van der Waals surface area contributed by atoms with Crippen molar-refractivity contribution in [3.8, 4) is 6.07 Å². The summed E-state index contributed by atoms with van der Waals surface area (Å²) in [6, 6.07) is 16.0. The molecule has 166 valence electrons. The fourth-order valence-corrected chi connectivity index (χ4v) is 4.22. The number of carbonyl (C=O) groups is 1. The summed E-state index contributed by atoms with van der Waals surface area (Å²) in [5.41, 5.74) is 0.942. The van der Waals surface area contributed by atoms with Gasteiger partial charge in [0, 0.05) is 30.5 Å². The molecule has 0 spiro atoms. The first-order valence-electron chi connectivity index (χ1n) is 10.2. The second-order valence-electron chi connectivity index (χ2n) is 6.83. The van der Waals surface area contributed by atoms with E-state index in [0.29, 0.717) is 52.9 Å². The Morgan fingerprint density at radius 1 is 1.28 bits per heavy atom. The predicted molar refractivity (Wildman–Crippen MR) is 127 cm³/mol. The third kappa shape index (κ3) is 5.88. The van der Waals surface area contributed by atoms with Crippen LogP contribution in [0.1, 0.15) is 13.3 Å². The number of nitrogens with zero attached hydrogens (tertiary/aromatic N) is 4.